The maximum atomic E-state index is 8.74. The van der Waals surface area contributed by atoms with Gasteiger partial charge >= 0.3 is 0 Å². The van der Waals surface area contributed by atoms with E-state index in [4.69, 9.17) is 14.6 Å². The van der Waals surface area contributed by atoms with E-state index >= 15 is 0 Å². The van der Waals surface area contributed by atoms with E-state index in [2.05, 4.69) is 19.2 Å². The first kappa shape index (κ1) is 14.8. The zero-order valence-corrected chi connectivity index (χ0v) is 11.4. The van der Waals surface area contributed by atoms with Crippen LogP contribution in [0.25, 0.3) is 0 Å². The Morgan fingerprint density at radius 3 is 2.67 bits per heavy atom. The summed E-state index contributed by atoms with van der Waals surface area (Å²) in [4.78, 5) is 0. The van der Waals surface area contributed by atoms with Gasteiger partial charge in [0.1, 0.15) is 6.61 Å². The Labute approximate surface area is 109 Å². The van der Waals surface area contributed by atoms with Crippen LogP contribution in [0.1, 0.15) is 19.4 Å². The molecule has 4 nitrogen and oxygen atoms in total. The molecule has 0 aliphatic heterocycles. The average molecular weight is 253 g/mol. The fourth-order valence-electron chi connectivity index (χ4n) is 1.60. The zero-order valence-electron chi connectivity index (χ0n) is 11.4. The molecule has 0 spiro atoms. The topological polar surface area (TPSA) is 50.7 Å². The van der Waals surface area contributed by atoms with Gasteiger partial charge in [0.15, 0.2) is 11.5 Å². The summed E-state index contributed by atoms with van der Waals surface area (Å²) in [7, 11) is 1.62. The summed E-state index contributed by atoms with van der Waals surface area (Å²) in [6, 6.07) is 5.84. The van der Waals surface area contributed by atoms with Crippen LogP contribution in [0.5, 0.6) is 11.5 Å². The molecule has 102 valence electrons. The number of hydrogen-bond donors (Lipinski definition) is 2. The lowest BCUT2D eigenvalue weighted by Crippen LogP contribution is -2.18. The minimum absolute atomic E-state index is 0.000843. The highest BCUT2D eigenvalue weighted by molar-refractivity contribution is 5.42. The van der Waals surface area contributed by atoms with Crippen molar-refractivity contribution in [1.29, 1.82) is 0 Å². The minimum Gasteiger partial charge on any atom is -0.493 e. The van der Waals surface area contributed by atoms with Crippen molar-refractivity contribution < 1.29 is 14.6 Å². The summed E-state index contributed by atoms with van der Waals surface area (Å²) in [6.07, 6.45) is 0. The molecule has 0 aliphatic carbocycles. The summed E-state index contributed by atoms with van der Waals surface area (Å²) in [5.74, 6) is 2.01. The number of methoxy groups -OCH3 is 1. The molecule has 0 saturated carbocycles. The Hall–Kier alpha value is -1.26. The third kappa shape index (κ3) is 4.94. The van der Waals surface area contributed by atoms with Gasteiger partial charge < -0.3 is 19.9 Å². The molecule has 0 bridgehead atoms. The molecule has 4 heteroatoms. The van der Waals surface area contributed by atoms with Crippen LogP contribution >= 0.6 is 0 Å². The fraction of sp³-hybridized carbons (Fsp3) is 0.571. The van der Waals surface area contributed by atoms with E-state index in [1.165, 1.54) is 0 Å². The Morgan fingerprint density at radius 2 is 2.06 bits per heavy atom. The van der Waals surface area contributed by atoms with Gasteiger partial charge in [-0.2, -0.15) is 0 Å². The average Bonchev–Trinajstić information content (AvgIpc) is 2.36. The summed E-state index contributed by atoms with van der Waals surface area (Å²) < 4.78 is 10.7. The molecule has 2 N–H and O–H groups in total. The summed E-state index contributed by atoms with van der Waals surface area (Å²) >= 11 is 0. The Morgan fingerprint density at radius 1 is 1.28 bits per heavy atom. The molecule has 1 aromatic rings. The highest BCUT2D eigenvalue weighted by Crippen LogP contribution is 2.27. The largest absolute Gasteiger partial charge is 0.493 e. The number of benzene rings is 1. The Bertz CT molecular complexity index is 353. The second kappa shape index (κ2) is 7.95. The maximum Gasteiger partial charge on any atom is 0.161 e. The van der Waals surface area contributed by atoms with Crippen molar-refractivity contribution in [3.8, 4) is 11.5 Å². The van der Waals surface area contributed by atoms with Crippen LogP contribution in [-0.2, 0) is 6.54 Å². The first-order chi connectivity index (χ1) is 8.67. The zero-order chi connectivity index (χ0) is 13.4. The molecule has 0 aliphatic rings. The van der Waals surface area contributed by atoms with Gasteiger partial charge in [0.2, 0.25) is 0 Å². The first-order valence-corrected chi connectivity index (χ1v) is 6.28. The molecule has 0 aromatic heterocycles. The summed E-state index contributed by atoms with van der Waals surface area (Å²) in [5, 5.41) is 12.1. The summed E-state index contributed by atoms with van der Waals surface area (Å²) in [5.41, 5.74) is 1.16. The second-order valence-corrected chi connectivity index (χ2v) is 4.58. The predicted octanol–water partition coefficient (Wildman–Crippen LogP) is 1.81. The fourth-order valence-corrected chi connectivity index (χ4v) is 1.60. The molecule has 18 heavy (non-hydrogen) atoms. The molecule has 0 fully saturated rings. The molecule has 0 amide bonds. The van der Waals surface area contributed by atoms with Crippen LogP contribution in [0, 0.1) is 5.92 Å². The predicted molar refractivity (Wildman–Crippen MR) is 72.1 cm³/mol. The smallest absolute Gasteiger partial charge is 0.161 e. The Balaban J connectivity index is 2.60. The van der Waals surface area contributed by atoms with E-state index in [0.717, 1.165) is 18.7 Å². The third-order valence-electron chi connectivity index (χ3n) is 2.46. The molecule has 1 aromatic carbocycles. The molecule has 0 heterocycles. The van der Waals surface area contributed by atoms with Crippen molar-refractivity contribution in [2.45, 2.75) is 20.4 Å². The van der Waals surface area contributed by atoms with Crippen LogP contribution in [-0.4, -0.2) is 32.0 Å². The first-order valence-electron chi connectivity index (χ1n) is 6.28. The van der Waals surface area contributed by atoms with Gasteiger partial charge in [-0.15, -0.1) is 0 Å². The minimum atomic E-state index is 0.000843. The van der Waals surface area contributed by atoms with E-state index < -0.39 is 0 Å². The van der Waals surface area contributed by atoms with Gasteiger partial charge in [0.05, 0.1) is 13.7 Å². The molecule has 0 atom stereocenters. The lowest BCUT2D eigenvalue weighted by molar-refractivity contribution is 0.196. The van der Waals surface area contributed by atoms with E-state index in [-0.39, 0.29) is 13.2 Å². The number of aliphatic hydroxyl groups excluding tert-OH is 1. The van der Waals surface area contributed by atoms with Gasteiger partial charge in [-0.3, -0.25) is 0 Å². The normalized spacial score (nSPS) is 10.7. The highest BCUT2D eigenvalue weighted by atomic mass is 16.5. The molecule has 0 saturated heterocycles. The van der Waals surface area contributed by atoms with Crippen molar-refractivity contribution >= 4 is 0 Å². The third-order valence-corrected chi connectivity index (χ3v) is 2.46. The van der Waals surface area contributed by atoms with E-state index in [9.17, 15) is 0 Å². The molecule has 1 rings (SSSR count). The van der Waals surface area contributed by atoms with Crippen LogP contribution in [0.3, 0.4) is 0 Å². The molecule has 0 radical (unpaired) electrons. The molecular weight excluding hydrogens is 230 g/mol. The quantitative estimate of drug-likeness (QED) is 0.742. The lowest BCUT2D eigenvalue weighted by Gasteiger charge is -2.12. The van der Waals surface area contributed by atoms with Crippen molar-refractivity contribution in [3.05, 3.63) is 23.8 Å². The highest BCUT2D eigenvalue weighted by Gasteiger charge is 2.05. The van der Waals surface area contributed by atoms with Gasteiger partial charge in [0, 0.05) is 6.54 Å². The van der Waals surface area contributed by atoms with E-state index in [0.29, 0.717) is 17.4 Å². The molecule has 0 unspecified atom stereocenters. The van der Waals surface area contributed by atoms with Crippen molar-refractivity contribution in [3.63, 3.8) is 0 Å². The van der Waals surface area contributed by atoms with Crippen molar-refractivity contribution in [2.24, 2.45) is 5.92 Å². The van der Waals surface area contributed by atoms with Gasteiger partial charge in [-0.25, -0.2) is 0 Å². The lowest BCUT2D eigenvalue weighted by atomic mass is 10.2. The van der Waals surface area contributed by atoms with Crippen LogP contribution in [0.15, 0.2) is 18.2 Å². The number of ether oxygens (including phenoxy) is 2. The van der Waals surface area contributed by atoms with Gasteiger partial charge in [-0.1, -0.05) is 19.9 Å². The van der Waals surface area contributed by atoms with Crippen molar-refractivity contribution in [1.82, 2.24) is 5.32 Å². The van der Waals surface area contributed by atoms with Gasteiger partial charge in [0.25, 0.3) is 0 Å². The van der Waals surface area contributed by atoms with E-state index in [1.54, 1.807) is 7.11 Å². The van der Waals surface area contributed by atoms with Gasteiger partial charge in [-0.05, 0) is 30.2 Å². The van der Waals surface area contributed by atoms with Crippen LogP contribution in [0.4, 0.5) is 0 Å². The Kier molecular flexibility index (Phi) is 6.54. The number of nitrogens with one attached hydrogen (secondary N) is 1. The number of rotatable bonds is 8. The second-order valence-electron chi connectivity index (χ2n) is 4.58. The monoisotopic (exact) mass is 253 g/mol. The molecular formula is C14H23NO3. The van der Waals surface area contributed by atoms with Crippen LogP contribution < -0.4 is 14.8 Å². The SMILES string of the molecule is COc1cc(CNCC(C)C)ccc1OCCO. The maximum absolute atomic E-state index is 8.74. The summed E-state index contributed by atoms with van der Waals surface area (Å²) in [6.45, 7) is 6.45. The standard InChI is InChI=1S/C14H23NO3/c1-11(2)9-15-10-12-4-5-13(18-7-6-16)14(8-12)17-3/h4-5,8,11,15-16H,6-7,9-10H2,1-3H3. The van der Waals surface area contributed by atoms with Crippen molar-refractivity contribution in [2.75, 3.05) is 26.9 Å². The van der Waals surface area contributed by atoms with Crippen LogP contribution in [0.2, 0.25) is 0 Å². The number of hydrogen-bond acceptors (Lipinski definition) is 4. The number of aliphatic hydroxyl groups is 1. The van der Waals surface area contributed by atoms with E-state index in [1.807, 2.05) is 18.2 Å².